The van der Waals surface area contributed by atoms with Crippen LogP contribution in [-0.4, -0.2) is 33.2 Å². The third-order valence-corrected chi connectivity index (χ3v) is 5.01. The van der Waals surface area contributed by atoms with Gasteiger partial charge in [0, 0.05) is 18.0 Å². The van der Waals surface area contributed by atoms with Crippen LogP contribution in [0.2, 0.25) is 0 Å². The van der Waals surface area contributed by atoms with Gasteiger partial charge in [-0.1, -0.05) is 12.1 Å². The molecule has 1 fully saturated rings. The van der Waals surface area contributed by atoms with Crippen LogP contribution in [0.15, 0.2) is 48.8 Å². The van der Waals surface area contributed by atoms with E-state index in [2.05, 4.69) is 25.5 Å². The minimum absolute atomic E-state index is 0.0134. The Hall–Kier alpha value is -3.22. The van der Waals surface area contributed by atoms with Crippen LogP contribution >= 0.6 is 0 Å². The molecule has 1 atom stereocenters. The summed E-state index contributed by atoms with van der Waals surface area (Å²) in [6.45, 7) is 1.90. The lowest BCUT2D eigenvalue weighted by atomic mass is 9.94. The molecule has 1 saturated carbocycles. The van der Waals surface area contributed by atoms with Gasteiger partial charge in [-0.3, -0.25) is 14.9 Å². The van der Waals surface area contributed by atoms with Gasteiger partial charge < -0.3 is 10.1 Å². The SMILES string of the molecule is COc1ccc(C2(C(=O)N[C@H](C)c3nc(-c4cccnc4)n[nH]3)CC2)cc1. The maximum Gasteiger partial charge on any atom is 0.231 e. The number of amides is 1. The van der Waals surface area contributed by atoms with E-state index in [-0.39, 0.29) is 11.9 Å². The van der Waals surface area contributed by atoms with E-state index in [1.54, 1.807) is 19.5 Å². The Balaban J connectivity index is 1.47. The van der Waals surface area contributed by atoms with Crippen molar-refractivity contribution in [2.24, 2.45) is 0 Å². The number of hydrogen-bond acceptors (Lipinski definition) is 5. The molecule has 0 aliphatic heterocycles. The average molecular weight is 363 g/mol. The van der Waals surface area contributed by atoms with Gasteiger partial charge >= 0.3 is 0 Å². The van der Waals surface area contributed by atoms with Crippen molar-refractivity contribution >= 4 is 5.91 Å². The molecular formula is C20H21N5O2. The molecule has 138 valence electrons. The number of carbonyl (C=O) groups excluding carboxylic acids is 1. The first-order valence-electron chi connectivity index (χ1n) is 8.90. The van der Waals surface area contributed by atoms with E-state index in [1.165, 1.54) is 0 Å². The minimum atomic E-state index is -0.452. The molecule has 2 heterocycles. The van der Waals surface area contributed by atoms with Crippen molar-refractivity contribution in [1.29, 1.82) is 0 Å². The molecule has 0 spiro atoms. The zero-order valence-corrected chi connectivity index (χ0v) is 15.3. The first-order valence-corrected chi connectivity index (χ1v) is 8.90. The van der Waals surface area contributed by atoms with E-state index in [0.717, 1.165) is 29.7 Å². The van der Waals surface area contributed by atoms with E-state index in [0.29, 0.717) is 11.6 Å². The molecule has 0 saturated heterocycles. The number of carbonyl (C=O) groups is 1. The lowest BCUT2D eigenvalue weighted by molar-refractivity contribution is -0.124. The van der Waals surface area contributed by atoms with Crippen molar-refractivity contribution in [3.8, 4) is 17.1 Å². The van der Waals surface area contributed by atoms with Gasteiger partial charge in [-0.05, 0) is 49.6 Å². The van der Waals surface area contributed by atoms with E-state index >= 15 is 0 Å². The van der Waals surface area contributed by atoms with Crippen molar-refractivity contribution in [3.05, 3.63) is 60.2 Å². The normalized spacial score (nSPS) is 15.8. The van der Waals surface area contributed by atoms with Crippen molar-refractivity contribution in [3.63, 3.8) is 0 Å². The number of methoxy groups -OCH3 is 1. The Labute approximate surface area is 157 Å². The maximum atomic E-state index is 12.9. The summed E-state index contributed by atoms with van der Waals surface area (Å²) in [4.78, 5) is 21.5. The van der Waals surface area contributed by atoms with Gasteiger partial charge in [-0.25, -0.2) is 4.98 Å². The second-order valence-corrected chi connectivity index (χ2v) is 6.79. The molecular weight excluding hydrogens is 342 g/mol. The highest BCUT2D eigenvalue weighted by atomic mass is 16.5. The molecule has 1 aliphatic rings. The van der Waals surface area contributed by atoms with Crippen LogP contribution < -0.4 is 10.1 Å². The fourth-order valence-corrected chi connectivity index (χ4v) is 3.18. The molecule has 3 aromatic rings. The average Bonchev–Trinajstić information content (AvgIpc) is 3.38. The van der Waals surface area contributed by atoms with Gasteiger partial charge in [0.2, 0.25) is 5.91 Å². The standard InChI is InChI=1S/C20H21N5O2/c1-13(17-23-18(25-24-17)14-4-3-11-21-12-14)22-19(26)20(9-10-20)15-5-7-16(27-2)8-6-15/h3-8,11-13H,9-10H2,1-2H3,(H,22,26)(H,23,24,25)/t13-/m1/s1. The summed E-state index contributed by atoms with van der Waals surface area (Å²) in [5, 5.41) is 10.2. The summed E-state index contributed by atoms with van der Waals surface area (Å²) in [5.74, 6) is 1.98. The minimum Gasteiger partial charge on any atom is -0.497 e. The maximum absolute atomic E-state index is 12.9. The molecule has 1 aromatic carbocycles. The number of aromatic amines is 1. The summed E-state index contributed by atoms with van der Waals surface area (Å²) in [7, 11) is 1.63. The third-order valence-electron chi connectivity index (χ3n) is 5.01. The first kappa shape index (κ1) is 17.2. The first-order chi connectivity index (χ1) is 13.1. The summed E-state index contributed by atoms with van der Waals surface area (Å²) >= 11 is 0. The van der Waals surface area contributed by atoms with Crippen molar-refractivity contribution in [1.82, 2.24) is 25.5 Å². The van der Waals surface area contributed by atoms with Gasteiger partial charge in [0.15, 0.2) is 5.82 Å². The number of benzene rings is 1. The Morgan fingerprint density at radius 1 is 1.26 bits per heavy atom. The summed E-state index contributed by atoms with van der Waals surface area (Å²) < 4.78 is 5.20. The lowest BCUT2D eigenvalue weighted by Crippen LogP contribution is -2.36. The highest BCUT2D eigenvalue weighted by Crippen LogP contribution is 2.49. The summed E-state index contributed by atoms with van der Waals surface area (Å²) in [5.41, 5.74) is 1.39. The van der Waals surface area contributed by atoms with Crippen LogP contribution in [0.4, 0.5) is 0 Å². The predicted molar refractivity (Wildman–Crippen MR) is 100 cm³/mol. The molecule has 0 bridgehead atoms. The fraction of sp³-hybridized carbons (Fsp3) is 0.300. The van der Waals surface area contributed by atoms with Gasteiger partial charge in [0.1, 0.15) is 11.6 Å². The molecule has 1 aliphatic carbocycles. The van der Waals surface area contributed by atoms with E-state index in [4.69, 9.17) is 4.74 Å². The van der Waals surface area contributed by atoms with Crippen LogP contribution in [0.5, 0.6) is 5.75 Å². The van der Waals surface area contributed by atoms with Gasteiger partial charge in [0.05, 0.1) is 18.6 Å². The molecule has 2 aromatic heterocycles. The van der Waals surface area contributed by atoms with Crippen LogP contribution in [-0.2, 0) is 10.2 Å². The highest BCUT2D eigenvalue weighted by molar-refractivity contribution is 5.91. The van der Waals surface area contributed by atoms with Crippen LogP contribution in [0, 0.1) is 0 Å². The van der Waals surface area contributed by atoms with Gasteiger partial charge in [-0.2, -0.15) is 5.10 Å². The second kappa shape index (κ2) is 6.83. The molecule has 2 N–H and O–H groups in total. The molecule has 4 rings (SSSR count). The zero-order valence-electron chi connectivity index (χ0n) is 15.3. The Morgan fingerprint density at radius 2 is 2.04 bits per heavy atom. The second-order valence-electron chi connectivity index (χ2n) is 6.79. The number of nitrogens with one attached hydrogen (secondary N) is 2. The number of ether oxygens (including phenoxy) is 1. The highest BCUT2D eigenvalue weighted by Gasteiger charge is 2.51. The zero-order chi connectivity index (χ0) is 18.9. The molecule has 0 radical (unpaired) electrons. The predicted octanol–water partition coefficient (Wildman–Crippen LogP) is 2.78. The van der Waals surface area contributed by atoms with Gasteiger partial charge in [-0.15, -0.1) is 0 Å². The number of hydrogen-bond donors (Lipinski definition) is 2. The Kier molecular flexibility index (Phi) is 4.35. The van der Waals surface area contributed by atoms with Crippen molar-refractivity contribution in [2.75, 3.05) is 7.11 Å². The van der Waals surface area contributed by atoms with Gasteiger partial charge in [0.25, 0.3) is 0 Å². The summed E-state index contributed by atoms with van der Waals surface area (Å²) in [6, 6.07) is 11.2. The Morgan fingerprint density at radius 3 is 2.67 bits per heavy atom. The van der Waals surface area contributed by atoms with Crippen LogP contribution in [0.1, 0.15) is 37.2 Å². The molecule has 7 heteroatoms. The Bertz CT molecular complexity index is 933. The number of nitrogens with zero attached hydrogens (tertiary/aromatic N) is 3. The van der Waals surface area contributed by atoms with E-state index in [1.807, 2.05) is 43.3 Å². The van der Waals surface area contributed by atoms with E-state index in [9.17, 15) is 4.79 Å². The number of pyridine rings is 1. The molecule has 1 amide bonds. The van der Waals surface area contributed by atoms with E-state index < -0.39 is 5.41 Å². The number of H-pyrrole nitrogens is 1. The summed E-state index contributed by atoms with van der Waals surface area (Å²) in [6.07, 6.45) is 5.09. The third kappa shape index (κ3) is 3.28. The lowest BCUT2D eigenvalue weighted by Gasteiger charge is -2.19. The number of aromatic nitrogens is 4. The topological polar surface area (TPSA) is 92.8 Å². The van der Waals surface area contributed by atoms with Crippen LogP contribution in [0.25, 0.3) is 11.4 Å². The molecule has 7 nitrogen and oxygen atoms in total. The monoisotopic (exact) mass is 363 g/mol. The molecule has 27 heavy (non-hydrogen) atoms. The fourth-order valence-electron chi connectivity index (χ4n) is 3.18. The quantitative estimate of drug-likeness (QED) is 0.702. The number of rotatable bonds is 6. The smallest absolute Gasteiger partial charge is 0.231 e. The largest absolute Gasteiger partial charge is 0.497 e. The van der Waals surface area contributed by atoms with Crippen LogP contribution in [0.3, 0.4) is 0 Å². The molecule has 0 unspecified atom stereocenters. The van der Waals surface area contributed by atoms with Crippen molar-refractivity contribution < 1.29 is 9.53 Å². The van der Waals surface area contributed by atoms with Crippen molar-refractivity contribution in [2.45, 2.75) is 31.2 Å².